The molecule has 0 aliphatic carbocycles. The van der Waals surface area contributed by atoms with Gasteiger partial charge in [-0.1, -0.05) is 0 Å². The molecule has 4 heteroatoms. The lowest BCUT2D eigenvalue weighted by atomic mass is 10.1. The van der Waals surface area contributed by atoms with E-state index in [1.807, 2.05) is 33.0 Å². The van der Waals surface area contributed by atoms with Crippen LogP contribution in [0.3, 0.4) is 0 Å². The molecule has 2 aromatic carbocycles. The van der Waals surface area contributed by atoms with Crippen molar-refractivity contribution in [1.82, 2.24) is 0 Å². The average molecular weight is 260 g/mol. The number of nitrogen functional groups attached to an aromatic ring is 1. The number of hydrogen-bond acceptors (Lipinski definition) is 4. The highest BCUT2D eigenvalue weighted by Gasteiger charge is 2.00. The number of phenols is 2. The molecule has 0 saturated heterocycles. The number of nitrogens with one attached hydrogen (secondary N) is 1. The summed E-state index contributed by atoms with van der Waals surface area (Å²) in [5, 5.41) is 20.9. The minimum atomic E-state index is 0.300. The van der Waals surface area contributed by atoms with Crippen LogP contribution in [0.2, 0.25) is 0 Å². The predicted molar refractivity (Wildman–Crippen MR) is 79.6 cm³/mol. The van der Waals surface area contributed by atoms with E-state index in [1.165, 1.54) is 0 Å². The van der Waals surface area contributed by atoms with Gasteiger partial charge in [0.05, 0.1) is 0 Å². The molecule has 2 aromatic rings. The summed E-state index contributed by atoms with van der Waals surface area (Å²) in [6.07, 6.45) is 0. The molecule has 0 fully saturated rings. The second kappa shape index (κ2) is 6.54. The van der Waals surface area contributed by atoms with E-state index >= 15 is 0 Å². The van der Waals surface area contributed by atoms with Crippen molar-refractivity contribution in [3.05, 3.63) is 47.5 Å². The summed E-state index contributed by atoms with van der Waals surface area (Å²) in [5.41, 5.74) is 9.14. The summed E-state index contributed by atoms with van der Waals surface area (Å²) in [7, 11) is 1.84. The zero-order chi connectivity index (χ0) is 14.4. The van der Waals surface area contributed by atoms with Gasteiger partial charge in [-0.3, -0.25) is 0 Å². The summed E-state index contributed by atoms with van der Waals surface area (Å²) >= 11 is 0. The third-order valence-corrected chi connectivity index (χ3v) is 2.96. The Bertz CT molecular complexity index is 510. The first kappa shape index (κ1) is 14.7. The summed E-state index contributed by atoms with van der Waals surface area (Å²) < 4.78 is 0. The number of anilines is 2. The van der Waals surface area contributed by atoms with E-state index < -0.39 is 0 Å². The van der Waals surface area contributed by atoms with Crippen molar-refractivity contribution in [3.8, 4) is 11.5 Å². The van der Waals surface area contributed by atoms with Gasteiger partial charge in [-0.25, -0.2) is 0 Å². The van der Waals surface area contributed by atoms with Gasteiger partial charge < -0.3 is 21.3 Å². The lowest BCUT2D eigenvalue weighted by molar-refractivity contribution is 0.470. The minimum Gasteiger partial charge on any atom is -0.508 e. The van der Waals surface area contributed by atoms with Crippen molar-refractivity contribution in [1.29, 1.82) is 0 Å². The fourth-order valence-electron chi connectivity index (χ4n) is 1.46. The highest BCUT2D eigenvalue weighted by molar-refractivity contribution is 5.54. The zero-order valence-corrected chi connectivity index (χ0v) is 11.4. The number of rotatable bonds is 1. The molecule has 0 aliphatic heterocycles. The van der Waals surface area contributed by atoms with Crippen LogP contribution in [-0.4, -0.2) is 17.3 Å². The monoisotopic (exact) mass is 260 g/mol. The van der Waals surface area contributed by atoms with Gasteiger partial charge in [-0.2, -0.15) is 0 Å². The van der Waals surface area contributed by atoms with Gasteiger partial charge >= 0.3 is 0 Å². The molecule has 4 nitrogen and oxygen atoms in total. The SMILES string of the molecule is CNc1ccc(O)cc1.Cc1c(N)ccc(O)c1C. The van der Waals surface area contributed by atoms with Crippen molar-refractivity contribution in [2.75, 3.05) is 18.1 Å². The largest absolute Gasteiger partial charge is 0.508 e. The molecule has 0 aromatic heterocycles. The molecule has 0 atom stereocenters. The Morgan fingerprint density at radius 2 is 1.47 bits per heavy atom. The maximum absolute atomic E-state index is 9.17. The van der Waals surface area contributed by atoms with Gasteiger partial charge in [-0.15, -0.1) is 0 Å². The Morgan fingerprint density at radius 1 is 0.895 bits per heavy atom. The molecule has 0 saturated carbocycles. The van der Waals surface area contributed by atoms with Crippen LogP contribution in [0.5, 0.6) is 11.5 Å². The maximum atomic E-state index is 9.17. The standard InChI is InChI=1S/C8H11NO.C7H9NO/c1-5-6(2)8(10)4-3-7(5)9;1-8-6-2-4-7(9)5-3-6/h3-4,10H,9H2,1-2H3;2-5,8-9H,1H3. The van der Waals surface area contributed by atoms with E-state index in [0.717, 1.165) is 22.5 Å². The predicted octanol–water partition coefficient (Wildman–Crippen LogP) is 3.03. The summed E-state index contributed by atoms with van der Waals surface area (Å²) in [6.45, 7) is 3.74. The van der Waals surface area contributed by atoms with E-state index in [9.17, 15) is 0 Å². The maximum Gasteiger partial charge on any atom is 0.118 e. The molecule has 102 valence electrons. The highest BCUT2D eigenvalue weighted by atomic mass is 16.3. The van der Waals surface area contributed by atoms with Crippen LogP contribution in [0.25, 0.3) is 0 Å². The fraction of sp³-hybridized carbons (Fsp3) is 0.200. The van der Waals surface area contributed by atoms with E-state index in [0.29, 0.717) is 11.5 Å². The third-order valence-electron chi connectivity index (χ3n) is 2.96. The smallest absolute Gasteiger partial charge is 0.118 e. The van der Waals surface area contributed by atoms with E-state index in [2.05, 4.69) is 5.32 Å². The Kier molecular flexibility index (Phi) is 5.06. The topological polar surface area (TPSA) is 78.5 Å². The molecule has 5 N–H and O–H groups in total. The first-order valence-corrected chi connectivity index (χ1v) is 5.97. The van der Waals surface area contributed by atoms with E-state index in [4.69, 9.17) is 15.9 Å². The molecule has 0 bridgehead atoms. The highest BCUT2D eigenvalue weighted by Crippen LogP contribution is 2.23. The van der Waals surface area contributed by atoms with Crippen LogP contribution >= 0.6 is 0 Å². The van der Waals surface area contributed by atoms with Crippen molar-refractivity contribution in [2.45, 2.75) is 13.8 Å². The molecular weight excluding hydrogens is 240 g/mol. The average Bonchev–Trinajstić information content (AvgIpc) is 2.42. The van der Waals surface area contributed by atoms with Gasteiger partial charge in [0.1, 0.15) is 11.5 Å². The number of aromatic hydroxyl groups is 2. The van der Waals surface area contributed by atoms with E-state index in [-0.39, 0.29) is 0 Å². The molecule has 0 heterocycles. The lowest BCUT2D eigenvalue weighted by Crippen LogP contribution is -1.91. The van der Waals surface area contributed by atoms with Crippen LogP contribution in [0.4, 0.5) is 11.4 Å². The lowest BCUT2D eigenvalue weighted by Gasteiger charge is -2.04. The quantitative estimate of drug-likeness (QED) is 0.469. The summed E-state index contributed by atoms with van der Waals surface area (Å²) in [5.74, 6) is 0.612. The Balaban J connectivity index is 0.000000191. The van der Waals surface area contributed by atoms with Crippen molar-refractivity contribution < 1.29 is 10.2 Å². The van der Waals surface area contributed by atoms with Crippen LogP contribution < -0.4 is 11.1 Å². The normalized spacial score (nSPS) is 9.42. The van der Waals surface area contributed by atoms with Gasteiger partial charge in [-0.05, 0) is 61.4 Å². The summed E-state index contributed by atoms with van der Waals surface area (Å²) in [4.78, 5) is 0. The first-order chi connectivity index (χ1) is 8.95. The van der Waals surface area contributed by atoms with E-state index in [1.54, 1.807) is 24.3 Å². The Morgan fingerprint density at radius 3 is 1.95 bits per heavy atom. The molecule has 0 unspecified atom stereocenters. The van der Waals surface area contributed by atoms with Crippen molar-refractivity contribution in [3.63, 3.8) is 0 Å². The molecule has 19 heavy (non-hydrogen) atoms. The number of nitrogens with two attached hydrogens (primary N) is 1. The third kappa shape index (κ3) is 4.10. The van der Waals surface area contributed by atoms with Gasteiger partial charge in [0.2, 0.25) is 0 Å². The van der Waals surface area contributed by atoms with Crippen LogP contribution in [0.15, 0.2) is 36.4 Å². The molecule has 0 aliphatic rings. The summed E-state index contributed by atoms with van der Waals surface area (Å²) in [6, 6.07) is 10.2. The molecule has 2 rings (SSSR count). The minimum absolute atomic E-state index is 0.300. The van der Waals surface area contributed by atoms with Crippen LogP contribution in [0.1, 0.15) is 11.1 Å². The number of hydrogen-bond donors (Lipinski definition) is 4. The molecular formula is C15H20N2O2. The first-order valence-electron chi connectivity index (χ1n) is 5.97. The Labute approximate surface area is 113 Å². The fourth-order valence-corrected chi connectivity index (χ4v) is 1.46. The van der Waals surface area contributed by atoms with Crippen molar-refractivity contribution >= 4 is 11.4 Å². The van der Waals surface area contributed by atoms with Gasteiger partial charge in [0.15, 0.2) is 0 Å². The molecule has 0 radical (unpaired) electrons. The molecule has 0 spiro atoms. The number of phenolic OH excluding ortho intramolecular Hbond substituents is 2. The second-order valence-corrected chi connectivity index (χ2v) is 4.22. The number of benzene rings is 2. The van der Waals surface area contributed by atoms with Crippen LogP contribution in [0, 0.1) is 13.8 Å². The second-order valence-electron chi connectivity index (χ2n) is 4.22. The van der Waals surface area contributed by atoms with Crippen molar-refractivity contribution in [2.24, 2.45) is 0 Å². The van der Waals surface area contributed by atoms with Crippen LogP contribution in [-0.2, 0) is 0 Å². The zero-order valence-electron chi connectivity index (χ0n) is 11.4. The molecule has 0 amide bonds. The van der Waals surface area contributed by atoms with Gasteiger partial charge in [0, 0.05) is 18.4 Å². The van der Waals surface area contributed by atoms with Gasteiger partial charge in [0.25, 0.3) is 0 Å². The Hall–Kier alpha value is -2.36.